The minimum Gasteiger partial charge on any atom is -0.496 e. The number of aliphatic imine (C=N–C) groups is 1. The molecule has 0 spiro atoms. The molecule has 0 aliphatic rings. The van der Waals surface area contributed by atoms with Crippen LogP contribution in [0.4, 0.5) is 17.5 Å². The van der Waals surface area contributed by atoms with Crippen molar-refractivity contribution < 1.29 is 4.74 Å². The highest BCUT2D eigenvalue weighted by atomic mass is 79.9. The molecule has 2 rings (SSSR count). The van der Waals surface area contributed by atoms with E-state index in [1.165, 1.54) is 0 Å². The number of hydrogen-bond acceptors (Lipinski definition) is 7. The van der Waals surface area contributed by atoms with Crippen molar-refractivity contribution in [1.82, 2.24) is 15.0 Å². The first-order valence-corrected chi connectivity index (χ1v) is 7.29. The quantitative estimate of drug-likeness (QED) is 0.625. The molecule has 0 aliphatic carbocycles. The summed E-state index contributed by atoms with van der Waals surface area (Å²) in [6, 6.07) is 0. The minimum absolute atomic E-state index is 0.146. The maximum Gasteiger partial charge on any atom is 0.223 e. The van der Waals surface area contributed by atoms with Crippen LogP contribution in [0.3, 0.4) is 0 Å². The third kappa shape index (κ3) is 3.16. The molecule has 7 nitrogen and oxygen atoms in total. The number of ether oxygens (including phenoxy) is 1. The van der Waals surface area contributed by atoms with Gasteiger partial charge in [0, 0.05) is 17.3 Å². The minimum atomic E-state index is 0.146. The van der Waals surface area contributed by atoms with Crippen LogP contribution >= 0.6 is 15.9 Å². The second kappa shape index (κ2) is 6.69. The van der Waals surface area contributed by atoms with Gasteiger partial charge in [0.2, 0.25) is 5.95 Å². The van der Waals surface area contributed by atoms with Crippen LogP contribution in [0, 0.1) is 13.8 Å². The number of aryl methyl sites for hydroxylation is 1. The van der Waals surface area contributed by atoms with Crippen LogP contribution in [0.5, 0.6) is 5.75 Å². The van der Waals surface area contributed by atoms with Crippen LogP contribution < -0.4 is 15.8 Å². The van der Waals surface area contributed by atoms with E-state index in [9.17, 15) is 0 Å². The number of hydrogen-bond donors (Lipinski definition) is 2. The number of nitrogens with zero attached hydrogens (tertiary/aromatic N) is 4. The molecular formula is C14H17BrN6O. The van der Waals surface area contributed by atoms with Gasteiger partial charge in [0.1, 0.15) is 16.0 Å². The Hall–Kier alpha value is -2.22. The Morgan fingerprint density at radius 1 is 1.41 bits per heavy atom. The molecule has 116 valence electrons. The van der Waals surface area contributed by atoms with Gasteiger partial charge < -0.3 is 15.8 Å². The second-order valence-electron chi connectivity index (χ2n) is 4.63. The molecule has 0 radical (unpaired) electrons. The van der Waals surface area contributed by atoms with Crippen molar-refractivity contribution in [3.63, 3.8) is 0 Å². The molecule has 0 aromatic carbocycles. The largest absolute Gasteiger partial charge is 0.496 e. The summed E-state index contributed by atoms with van der Waals surface area (Å²) in [6.07, 6.45) is 1.78. The molecule has 0 amide bonds. The van der Waals surface area contributed by atoms with Crippen LogP contribution in [0.2, 0.25) is 0 Å². The fourth-order valence-corrected chi connectivity index (χ4v) is 2.62. The van der Waals surface area contributed by atoms with E-state index in [0.29, 0.717) is 22.7 Å². The molecule has 0 fully saturated rings. The fourth-order valence-electron chi connectivity index (χ4n) is 2.12. The van der Waals surface area contributed by atoms with Gasteiger partial charge in [-0.3, -0.25) is 9.98 Å². The number of nitrogens with two attached hydrogens (primary N) is 1. The average Bonchev–Trinajstić information content (AvgIpc) is 2.46. The van der Waals surface area contributed by atoms with Gasteiger partial charge in [-0.2, -0.15) is 4.98 Å². The van der Waals surface area contributed by atoms with Crippen molar-refractivity contribution in [3.05, 3.63) is 27.6 Å². The molecule has 0 unspecified atom stereocenters. The predicted molar refractivity (Wildman–Crippen MR) is 90.9 cm³/mol. The maximum absolute atomic E-state index is 5.66. The Bertz CT molecular complexity index is 719. The number of aromatic nitrogens is 3. The van der Waals surface area contributed by atoms with Gasteiger partial charge in [0.25, 0.3) is 0 Å². The lowest BCUT2D eigenvalue weighted by atomic mass is 10.1. The topological polar surface area (TPSA) is 98.3 Å². The molecule has 0 saturated heterocycles. The highest BCUT2D eigenvalue weighted by molar-refractivity contribution is 9.10. The normalized spacial score (nSPS) is 10.4. The number of halogens is 1. The first-order valence-electron chi connectivity index (χ1n) is 6.50. The number of rotatable bonds is 5. The summed E-state index contributed by atoms with van der Waals surface area (Å²) in [5, 5.41) is 3.16. The van der Waals surface area contributed by atoms with Crippen LogP contribution in [0.1, 0.15) is 16.8 Å². The summed E-state index contributed by atoms with van der Waals surface area (Å²) < 4.78 is 5.89. The van der Waals surface area contributed by atoms with E-state index in [4.69, 9.17) is 10.5 Å². The molecule has 2 heterocycles. The van der Waals surface area contributed by atoms with Gasteiger partial charge in [-0.25, -0.2) is 4.98 Å². The third-order valence-corrected chi connectivity index (χ3v) is 3.74. The fraction of sp³-hybridized carbons (Fsp3) is 0.286. The van der Waals surface area contributed by atoms with Crippen molar-refractivity contribution in [3.8, 4) is 5.75 Å². The number of pyridine rings is 1. The smallest absolute Gasteiger partial charge is 0.223 e. The van der Waals surface area contributed by atoms with Crippen molar-refractivity contribution in [2.45, 2.75) is 20.4 Å². The number of nitrogen functional groups attached to an aromatic ring is 1. The Balaban J connectivity index is 2.30. The molecule has 0 saturated carbocycles. The maximum atomic E-state index is 5.66. The SMILES string of the molecule is C=Nc1c(Br)nc(N)nc1NCc1ncc(C)c(OC)c1C. The lowest BCUT2D eigenvalue weighted by Gasteiger charge is -2.14. The first kappa shape index (κ1) is 16.2. The zero-order valence-electron chi connectivity index (χ0n) is 12.6. The highest BCUT2D eigenvalue weighted by Crippen LogP contribution is 2.31. The molecule has 0 aliphatic heterocycles. The van der Waals surface area contributed by atoms with E-state index in [0.717, 1.165) is 22.6 Å². The van der Waals surface area contributed by atoms with Gasteiger partial charge in [-0.15, -0.1) is 0 Å². The molecule has 0 atom stereocenters. The molecule has 8 heteroatoms. The zero-order valence-corrected chi connectivity index (χ0v) is 14.2. The zero-order chi connectivity index (χ0) is 16.3. The summed E-state index contributed by atoms with van der Waals surface area (Å²) in [7, 11) is 1.65. The van der Waals surface area contributed by atoms with Crippen LogP contribution in [-0.4, -0.2) is 28.8 Å². The van der Waals surface area contributed by atoms with Crippen LogP contribution in [0.15, 0.2) is 15.8 Å². The molecule has 22 heavy (non-hydrogen) atoms. The Labute approximate surface area is 137 Å². The van der Waals surface area contributed by atoms with E-state index in [1.54, 1.807) is 13.3 Å². The van der Waals surface area contributed by atoms with Crippen molar-refractivity contribution in [1.29, 1.82) is 0 Å². The number of anilines is 2. The lowest BCUT2D eigenvalue weighted by Crippen LogP contribution is -2.09. The number of methoxy groups -OCH3 is 1. The first-order chi connectivity index (χ1) is 10.5. The Kier molecular flexibility index (Phi) is 4.92. The van der Waals surface area contributed by atoms with Crippen molar-refractivity contribution in [2.24, 2.45) is 4.99 Å². The van der Waals surface area contributed by atoms with Gasteiger partial charge in [0.15, 0.2) is 5.82 Å². The highest BCUT2D eigenvalue weighted by Gasteiger charge is 2.13. The Morgan fingerprint density at radius 2 is 2.14 bits per heavy atom. The molecule has 0 bridgehead atoms. The van der Waals surface area contributed by atoms with E-state index >= 15 is 0 Å². The predicted octanol–water partition coefficient (Wildman–Crippen LogP) is 2.79. The average molecular weight is 365 g/mol. The van der Waals surface area contributed by atoms with E-state index in [2.05, 4.69) is 47.9 Å². The summed E-state index contributed by atoms with van der Waals surface area (Å²) in [5.74, 6) is 1.47. The van der Waals surface area contributed by atoms with E-state index in [1.807, 2.05) is 13.8 Å². The summed E-state index contributed by atoms with van der Waals surface area (Å²) in [6.45, 7) is 7.89. The van der Waals surface area contributed by atoms with Crippen molar-refractivity contribution >= 4 is 40.1 Å². The summed E-state index contributed by atoms with van der Waals surface area (Å²) in [4.78, 5) is 16.5. The van der Waals surface area contributed by atoms with Gasteiger partial charge in [0.05, 0.1) is 19.3 Å². The third-order valence-electron chi connectivity index (χ3n) is 3.19. The number of nitrogens with one attached hydrogen (secondary N) is 1. The van der Waals surface area contributed by atoms with Crippen LogP contribution in [0.25, 0.3) is 0 Å². The van der Waals surface area contributed by atoms with Gasteiger partial charge >= 0.3 is 0 Å². The molecule has 2 aromatic heterocycles. The standard InChI is InChI=1S/C14H17BrN6O/c1-7-5-18-9(8(2)11(7)22-4)6-19-13-10(17-3)12(15)20-14(16)21-13/h5H,3,6H2,1-2,4H3,(H3,16,19,20,21). The van der Waals surface area contributed by atoms with Gasteiger partial charge in [-0.1, -0.05) is 0 Å². The van der Waals surface area contributed by atoms with E-state index in [-0.39, 0.29) is 5.95 Å². The lowest BCUT2D eigenvalue weighted by molar-refractivity contribution is 0.407. The van der Waals surface area contributed by atoms with Gasteiger partial charge in [-0.05, 0) is 36.5 Å². The second-order valence-corrected chi connectivity index (χ2v) is 5.38. The molecule has 2 aromatic rings. The van der Waals surface area contributed by atoms with E-state index < -0.39 is 0 Å². The summed E-state index contributed by atoms with van der Waals surface area (Å²) in [5.41, 5.74) is 8.98. The van der Waals surface area contributed by atoms with Crippen LogP contribution in [-0.2, 0) is 6.54 Å². The van der Waals surface area contributed by atoms with Crippen molar-refractivity contribution in [2.75, 3.05) is 18.2 Å². The molecular weight excluding hydrogens is 348 g/mol. The Morgan fingerprint density at radius 3 is 2.77 bits per heavy atom. The monoisotopic (exact) mass is 364 g/mol. The molecule has 3 N–H and O–H groups in total. The summed E-state index contributed by atoms with van der Waals surface area (Å²) >= 11 is 3.29.